The van der Waals surface area contributed by atoms with Gasteiger partial charge in [-0.2, -0.15) is 0 Å². The quantitative estimate of drug-likeness (QED) is 0.670. The van der Waals surface area contributed by atoms with Crippen molar-refractivity contribution in [2.75, 3.05) is 32.8 Å². The van der Waals surface area contributed by atoms with Gasteiger partial charge in [-0.1, -0.05) is 37.3 Å². The molecule has 0 saturated carbocycles. The van der Waals surface area contributed by atoms with Crippen LogP contribution >= 0.6 is 0 Å². The SMILES string of the molecule is CC1CCCN(CCCOCCCc2ccccc2)C1. The smallest absolute Gasteiger partial charge is 0.0478 e. The first-order valence-electron chi connectivity index (χ1n) is 8.18. The van der Waals surface area contributed by atoms with Crippen molar-refractivity contribution in [3.63, 3.8) is 0 Å². The molecule has 0 N–H and O–H groups in total. The molecular weight excluding hydrogens is 246 g/mol. The van der Waals surface area contributed by atoms with Crippen molar-refractivity contribution in [3.8, 4) is 0 Å². The summed E-state index contributed by atoms with van der Waals surface area (Å²) in [5.41, 5.74) is 1.42. The van der Waals surface area contributed by atoms with Gasteiger partial charge in [-0.3, -0.25) is 0 Å². The van der Waals surface area contributed by atoms with Crippen LogP contribution in [0, 0.1) is 5.92 Å². The van der Waals surface area contributed by atoms with Gasteiger partial charge in [0, 0.05) is 26.3 Å². The van der Waals surface area contributed by atoms with Crippen LogP contribution in [0.5, 0.6) is 0 Å². The van der Waals surface area contributed by atoms with E-state index in [2.05, 4.69) is 42.2 Å². The van der Waals surface area contributed by atoms with Crippen LogP contribution in [-0.2, 0) is 11.2 Å². The van der Waals surface area contributed by atoms with Crippen molar-refractivity contribution in [2.45, 2.75) is 39.0 Å². The standard InChI is InChI=1S/C18H29NO/c1-17-8-5-12-19(16-17)13-7-15-20-14-6-11-18-9-3-2-4-10-18/h2-4,9-10,17H,5-8,11-16H2,1H3. The largest absolute Gasteiger partial charge is 0.381 e. The molecule has 2 rings (SSSR count). The highest BCUT2D eigenvalue weighted by Gasteiger charge is 2.15. The molecule has 112 valence electrons. The molecule has 1 fully saturated rings. The summed E-state index contributed by atoms with van der Waals surface area (Å²) in [5, 5.41) is 0. The molecule has 1 aromatic rings. The lowest BCUT2D eigenvalue weighted by molar-refractivity contribution is 0.109. The zero-order valence-corrected chi connectivity index (χ0v) is 12.9. The number of piperidine rings is 1. The number of ether oxygens (including phenoxy) is 1. The van der Waals surface area contributed by atoms with Crippen LogP contribution in [0.1, 0.15) is 38.2 Å². The summed E-state index contributed by atoms with van der Waals surface area (Å²) in [5.74, 6) is 0.885. The Hall–Kier alpha value is -0.860. The molecule has 0 spiro atoms. The predicted octanol–water partition coefficient (Wildman–Crippen LogP) is 3.76. The lowest BCUT2D eigenvalue weighted by Crippen LogP contribution is -2.35. The summed E-state index contributed by atoms with van der Waals surface area (Å²) >= 11 is 0. The van der Waals surface area contributed by atoms with Crippen molar-refractivity contribution >= 4 is 0 Å². The van der Waals surface area contributed by atoms with Crippen molar-refractivity contribution in [1.82, 2.24) is 4.90 Å². The zero-order chi connectivity index (χ0) is 14.0. The number of likely N-dealkylation sites (tertiary alicyclic amines) is 1. The van der Waals surface area contributed by atoms with Crippen LogP contribution in [0.4, 0.5) is 0 Å². The summed E-state index contributed by atoms with van der Waals surface area (Å²) in [4.78, 5) is 2.60. The van der Waals surface area contributed by atoms with Gasteiger partial charge >= 0.3 is 0 Å². The number of nitrogens with zero attached hydrogens (tertiary/aromatic N) is 1. The molecular formula is C18H29NO. The normalized spacial score (nSPS) is 20.1. The fourth-order valence-electron chi connectivity index (χ4n) is 3.01. The second-order valence-corrected chi connectivity index (χ2v) is 6.10. The van der Waals surface area contributed by atoms with Crippen molar-refractivity contribution in [3.05, 3.63) is 35.9 Å². The van der Waals surface area contributed by atoms with Gasteiger partial charge in [0.25, 0.3) is 0 Å². The first-order valence-corrected chi connectivity index (χ1v) is 8.18. The van der Waals surface area contributed by atoms with E-state index in [-0.39, 0.29) is 0 Å². The molecule has 0 aromatic heterocycles. The van der Waals surface area contributed by atoms with E-state index in [4.69, 9.17) is 4.74 Å². The minimum Gasteiger partial charge on any atom is -0.381 e. The Balaban J connectivity index is 1.44. The molecule has 1 heterocycles. The van der Waals surface area contributed by atoms with Gasteiger partial charge in [-0.25, -0.2) is 0 Å². The van der Waals surface area contributed by atoms with Crippen LogP contribution in [0.25, 0.3) is 0 Å². The van der Waals surface area contributed by atoms with Gasteiger partial charge in [0.05, 0.1) is 0 Å². The molecule has 2 heteroatoms. The van der Waals surface area contributed by atoms with E-state index in [1.807, 2.05) is 0 Å². The third kappa shape index (κ3) is 6.06. The van der Waals surface area contributed by atoms with Gasteiger partial charge < -0.3 is 9.64 Å². The van der Waals surface area contributed by atoms with E-state index in [1.165, 1.54) is 44.5 Å². The summed E-state index contributed by atoms with van der Waals surface area (Å²) in [6.45, 7) is 7.96. The fraction of sp³-hybridized carbons (Fsp3) is 0.667. The van der Waals surface area contributed by atoms with Gasteiger partial charge in [-0.05, 0) is 50.1 Å². The van der Waals surface area contributed by atoms with E-state index in [0.29, 0.717) is 0 Å². The highest BCUT2D eigenvalue weighted by molar-refractivity contribution is 5.14. The third-order valence-electron chi connectivity index (χ3n) is 4.10. The van der Waals surface area contributed by atoms with Gasteiger partial charge in [0.15, 0.2) is 0 Å². The molecule has 1 aliphatic heterocycles. The average molecular weight is 275 g/mol. The van der Waals surface area contributed by atoms with Gasteiger partial charge in [0.1, 0.15) is 0 Å². The minimum atomic E-state index is 0.885. The molecule has 2 nitrogen and oxygen atoms in total. The summed E-state index contributed by atoms with van der Waals surface area (Å²) in [6.07, 6.45) is 6.22. The molecule has 1 aliphatic rings. The topological polar surface area (TPSA) is 12.5 Å². The second kappa shape index (κ2) is 9.15. The van der Waals surface area contributed by atoms with E-state index in [9.17, 15) is 0 Å². The molecule has 1 aromatic carbocycles. The van der Waals surface area contributed by atoms with Gasteiger partial charge in [-0.15, -0.1) is 0 Å². The average Bonchev–Trinajstić information content (AvgIpc) is 2.47. The van der Waals surface area contributed by atoms with Crippen LogP contribution in [0.15, 0.2) is 30.3 Å². The number of rotatable bonds is 8. The highest BCUT2D eigenvalue weighted by atomic mass is 16.5. The Bertz CT molecular complexity index is 352. The number of hydrogen-bond donors (Lipinski definition) is 0. The monoisotopic (exact) mass is 275 g/mol. The Labute approximate surface area is 124 Å². The Morgan fingerprint density at radius 3 is 2.75 bits per heavy atom. The molecule has 0 radical (unpaired) electrons. The maximum Gasteiger partial charge on any atom is 0.0478 e. The van der Waals surface area contributed by atoms with E-state index in [0.717, 1.165) is 32.0 Å². The van der Waals surface area contributed by atoms with Crippen LogP contribution in [0.2, 0.25) is 0 Å². The summed E-state index contributed by atoms with van der Waals surface area (Å²) in [7, 11) is 0. The first kappa shape index (κ1) is 15.5. The van der Waals surface area contributed by atoms with Crippen LogP contribution in [-0.4, -0.2) is 37.7 Å². The molecule has 1 saturated heterocycles. The molecule has 0 bridgehead atoms. The Kier molecular flexibility index (Phi) is 7.10. The molecule has 20 heavy (non-hydrogen) atoms. The summed E-state index contributed by atoms with van der Waals surface area (Å²) in [6, 6.07) is 10.7. The summed E-state index contributed by atoms with van der Waals surface area (Å²) < 4.78 is 5.75. The minimum absolute atomic E-state index is 0.885. The first-order chi connectivity index (χ1) is 9.84. The third-order valence-corrected chi connectivity index (χ3v) is 4.10. The lowest BCUT2D eigenvalue weighted by atomic mass is 10.0. The molecule has 0 amide bonds. The number of hydrogen-bond acceptors (Lipinski definition) is 2. The van der Waals surface area contributed by atoms with Crippen molar-refractivity contribution in [2.24, 2.45) is 5.92 Å². The predicted molar refractivity (Wildman–Crippen MR) is 85.0 cm³/mol. The van der Waals surface area contributed by atoms with E-state index >= 15 is 0 Å². The maximum atomic E-state index is 5.75. The number of benzene rings is 1. The molecule has 0 aliphatic carbocycles. The van der Waals surface area contributed by atoms with Crippen LogP contribution in [0.3, 0.4) is 0 Å². The molecule has 1 unspecified atom stereocenters. The van der Waals surface area contributed by atoms with Crippen LogP contribution < -0.4 is 0 Å². The lowest BCUT2D eigenvalue weighted by Gasteiger charge is -2.30. The van der Waals surface area contributed by atoms with E-state index in [1.54, 1.807) is 0 Å². The van der Waals surface area contributed by atoms with Crippen molar-refractivity contribution < 1.29 is 4.74 Å². The Morgan fingerprint density at radius 2 is 1.95 bits per heavy atom. The second-order valence-electron chi connectivity index (χ2n) is 6.10. The maximum absolute atomic E-state index is 5.75. The van der Waals surface area contributed by atoms with Crippen molar-refractivity contribution in [1.29, 1.82) is 0 Å². The van der Waals surface area contributed by atoms with E-state index < -0.39 is 0 Å². The zero-order valence-electron chi connectivity index (χ0n) is 12.9. The number of aryl methyl sites for hydroxylation is 1. The Morgan fingerprint density at radius 1 is 1.15 bits per heavy atom. The highest BCUT2D eigenvalue weighted by Crippen LogP contribution is 2.15. The van der Waals surface area contributed by atoms with Gasteiger partial charge in [0.2, 0.25) is 0 Å². The fourth-order valence-corrected chi connectivity index (χ4v) is 3.01. The molecule has 1 atom stereocenters.